The van der Waals surface area contributed by atoms with Crippen LogP contribution < -0.4 is 0 Å². The van der Waals surface area contributed by atoms with Gasteiger partial charge in [0.05, 0.1) is 19.1 Å². The summed E-state index contributed by atoms with van der Waals surface area (Å²) in [6, 6.07) is 8.80. The zero-order valence-corrected chi connectivity index (χ0v) is 15.6. The minimum absolute atomic E-state index is 0.0608. The zero-order valence-electron chi connectivity index (χ0n) is 15.6. The van der Waals surface area contributed by atoms with Gasteiger partial charge in [0.1, 0.15) is 0 Å². The van der Waals surface area contributed by atoms with Gasteiger partial charge in [-0.15, -0.1) is 0 Å². The number of nitrogens with zero attached hydrogens (tertiary/aromatic N) is 1. The molecule has 1 aliphatic rings. The van der Waals surface area contributed by atoms with Crippen LogP contribution in [0.1, 0.15) is 69.1 Å². The van der Waals surface area contributed by atoms with Gasteiger partial charge in [0.2, 0.25) is 0 Å². The van der Waals surface area contributed by atoms with Crippen LogP contribution in [0.5, 0.6) is 0 Å². The third-order valence-corrected chi connectivity index (χ3v) is 4.96. The number of carboxylic acids is 1. The van der Waals surface area contributed by atoms with Crippen LogP contribution in [0.4, 0.5) is 0 Å². The van der Waals surface area contributed by atoms with Crippen LogP contribution >= 0.6 is 0 Å². The van der Waals surface area contributed by atoms with Crippen LogP contribution in [-0.2, 0) is 16.0 Å². The number of hydrogen-bond donors (Lipinski definition) is 1. The molecule has 0 radical (unpaired) electrons. The van der Waals surface area contributed by atoms with Crippen molar-refractivity contribution in [1.29, 1.82) is 0 Å². The Morgan fingerprint density at radius 2 is 1.88 bits per heavy atom. The van der Waals surface area contributed by atoms with Crippen molar-refractivity contribution in [3.63, 3.8) is 0 Å². The monoisotopic (exact) mass is 347 g/mol. The van der Waals surface area contributed by atoms with Gasteiger partial charge in [-0.05, 0) is 24.0 Å². The van der Waals surface area contributed by atoms with Gasteiger partial charge in [0.25, 0.3) is 0 Å². The highest BCUT2D eigenvalue weighted by molar-refractivity contribution is 5.66. The Kier molecular flexibility index (Phi) is 8.98. The van der Waals surface area contributed by atoms with Gasteiger partial charge in [-0.25, -0.2) is 0 Å². The summed E-state index contributed by atoms with van der Waals surface area (Å²) >= 11 is 0. The summed E-state index contributed by atoms with van der Waals surface area (Å²) in [7, 11) is 0. The van der Waals surface area contributed by atoms with Gasteiger partial charge < -0.3 is 9.84 Å². The first-order valence-electron chi connectivity index (χ1n) is 9.83. The molecule has 1 aromatic carbocycles. The molecule has 25 heavy (non-hydrogen) atoms. The van der Waals surface area contributed by atoms with E-state index in [9.17, 15) is 4.79 Å². The number of carbonyl (C=O) groups is 1. The highest BCUT2D eigenvalue weighted by atomic mass is 16.5. The molecule has 0 aliphatic carbocycles. The molecule has 140 valence electrons. The SMILES string of the molecule is CCCCCCCCc1ccc(C2CN(CCC(=O)O)CCO2)cc1. The van der Waals surface area contributed by atoms with Crippen LogP contribution in [0.25, 0.3) is 0 Å². The lowest BCUT2D eigenvalue weighted by Gasteiger charge is -2.32. The summed E-state index contributed by atoms with van der Waals surface area (Å²) < 4.78 is 5.89. The van der Waals surface area contributed by atoms with E-state index in [-0.39, 0.29) is 12.5 Å². The molecule has 1 heterocycles. The molecule has 1 aromatic rings. The predicted octanol–water partition coefficient (Wildman–Crippen LogP) is 4.44. The first-order valence-corrected chi connectivity index (χ1v) is 9.83. The van der Waals surface area contributed by atoms with Gasteiger partial charge in [-0.3, -0.25) is 9.69 Å². The van der Waals surface area contributed by atoms with Crippen LogP contribution in [0.2, 0.25) is 0 Å². The van der Waals surface area contributed by atoms with Crippen LogP contribution in [0.3, 0.4) is 0 Å². The molecular formula is C21H33NO3. The van der Waals surface area contributed by atoms with E-state index in [0.29, 0.717) is 13.2 Å². The Labute approximate surface area is 152 Å². The fourth-order valence-electron chi connectivity index (χ4n) is 3.37. The maximum Gasteiger partial charge on any atom is 0.304 e. The van der Waals surface area contributed by atoms with Gasteiger partial charge >= 0.3 is 5.97 Å². The molecule has 0 saturated carbocycles. The number of hydrogen-bond acceptors (Lipinski definition) is 3. The summed E-state index contributed by atoms with van der Waals surface area (Å²) in [4.78, 5) is 12.9. The van der Waals surface area contributed by atoms with E-state index in [1.165, 1.54) is 49.7 Å². The van der Waals surface area contributed by atoms with E-state index in [0.717, 1.165) is 19.5 Å². The number of aryl methyl sites for hydroxylation is 1. The normalized spacial score (nSPS) is 18.4. The average Bonchev–Trinajstić information content (AvgIpc) is 2.64. The van der Waals surface area contributed by atoms with E-state index in [2.05, 4.69) is 36.1 Å². The lowest BCUT2D eigenvalue weighted by Crippen LogP contribution is -2.39. The van der Waals surface area contributed by atoms with E-state index < -0.39 is 5.97 Å². The maximum absolute atomic E-state index is 10.7. The van der Waals surface area contributed by atoms with Crippen molar-refractivity contribution in [3.8, 4) is 0 Å². The average molecular weight is 347 g/mol. The molecule has 1 aliphatic heterocycles. The van der Waals surface area contributed by atoms with Gasteiger partial charge in [0.15, 0.2) is 0 Å². The van der Waals surface area contributed by atoms with Gasteiger partial charge in [-0.2, -0.15) is 0 Å². The fraction of sp³-hybridized carbons (Fsp3) is 0.667. The second kappa shape index (κ2) is 11.3. The Bertz CT molecular complexity index is 500. The molecular weight excluding hydrogens is 314 g/mol. The van der Waals surface area contributed by atoms with Crippen LogP contribution in [-0.4, -0.2) is 42.2 Å². The number of carboxylic acid groups (broad SMARTS) is 1. The van der Waals surface area contributed by atoms with Crippen LogP contribution in [0.15, 0.2) is 24.3 Å². The molecule has 1 atom stereocenters. The smallest absolute Gasteiger partial charge is 0.304 e. The lowest BCUT2D eigenvalue weighted by atomic mass is 10.0. The van der Waals surface area contributed by atoms with Crippen LogP contribution in [0, 0.1) is 0 Å². The topological polar surface area (TPSA) is 49.8 Å². The Morgan fingerprint density at radius 3 is 2.60 bits per heavy atom. The molecule has 0 aromatic heterocycles. The minimum Gasteiger partial charge on any atom is -0.481 e. The quantitative estimate of drug-likeness (QED) is 0.601. The number of aliphatic carboxylic acids is 1. The van der Waals surface area contributed by atoms with Crippen molar-refractivity contribution in [2.75, 3.05) is 26.2 Å². The number of ether oxygens (including phenoxy) is 1. The number of morpholine rings is 1. The third-order valence-electron chi connectivity index (χ3n) is 4.96. The summed E-state index contributed by atoms with van der Waals surface area (Å²) in [5.74, 6) is -0.734. The molecule has 0 spiro atoms. The molecule has 1 N–H and O–H groups in total. The number of rotatable bonds is 11. The minimum atomic E-state index is -0.734. The van der Waals surface area contributed by atoms with E-state index in [1.54, 1.807) is 0 Å². The second-order valence-corrected chi connectivity index (χ2v) is 7.06. The highest BCUT2D eigenvalue weighted by Crippen LogP contribution is 2.23. The Hall–Kier alpha value is -1.39. The molecule has 0 bridgehead atoms. The van der Waals surface area contributed by atoms with E-state index in [1.807, 2.05) is 0 Å². The van der Waals surface area contributed by atoms with E-state index in [4.69, 9.17) is 9.84 Å². The first-order chi connectivity index (χ1) is 12.2. The Morgan fingerprint density at radius 1 is 1.16 bits per heavy atom. The lowest BCUT2D eigenvalue weighted by molar-refractivity contribution is -0.137. The number of benzene rings is 1. The molecule has 4 heteroatoms. The Balaban J connectivity index is 1.74. The van der Waals surface area contributed by atoms with Crippen molar-refractivity contribution in [3.05, 3.63) is 35.4 Å². The van der Waals surface area contributed by atoms with Crippen molar-refractivity contribution >= 4 is 5.97 Å². The molecule has 1 unspecified atom stereocenters. The molecule has 1 fully saturated rings. The molecule has 4 nitrogen and oxygen atoms in total. The first kappa shape index (κ1) is 19.9. The maximum atomic E-state index is 10.7. The second-order valence-electron chi connectivity index (χ2n) is 7.06. The molecule has 0 amide bonds. The summed E-state index contributed by atoms with van der Waals surface area (Å²) in [5, 5.41) is 8.83. The molecule has 1 saturated heterocycles. The fourth-order valence-corrected chi connectivity index (χ4v) is 3.37. The number of unbranched alkanes of at least 4 members (excludes halogenated alkanes) is 5. The summed E-state index contributed by atoms with van der Waals surface area (Å²) in [6.45, 7) is 5.13. The van der Waals surface area contributed by atoms with Crippen molar-refractivity contribution in [2.24, 2.45) is 0 Å². The summed E-state index contributed by atoms with van der Waals surface area (Å²) in [6.07, 6.45) is 9.40. The standard InChI is InChI=1S/C21H33NO3/c1-2-3-4-5-6-7-8-18-9-11-19(12-10-18)20-17-22(15-16-25-20)14-13-21(23)24/h9-12,20H,2-8,13-17H2,1H3,(H,23,24). The van der Waals surface area contributed by atoms with Crippen molar-refractivity contribution < 1.29 is 14.6 Å². The molecule has 2 rings (SSSR count). The third kappa shape index (κ3) is 7.57. The van der Waals surface area contributed by atoms with E-state index >= 15 is 0 Å². The van der Waals surface area contributed by atoms with Gasteiger partial charge in [0, 0.05) is 19.6 Å². The largest absolute Gasteiger partial charge is 0.481 e. The van der Waals surface area contributed by atoms with Crippen molar-refractivity contribution in [1.82, 2.24) is 4.90 Å². The predicted molar refractivity (Wildman–Crippen MR) is 101 cm³/mol. The summed E-state index contributed by atoms with van der Waals surface area (Å²) in [5.41, 5.74) is 2.60. The zero-order chi connectivity index (χ0) is 17.9. The van der Waals surface area contributed by atoms with Gasteiger partial charge in [-0.1, -0.05) is 63.3 Å². The van der Waals surface area contributed by atoms with Crippen molar-refractivity contribution in [2.45, 2.75) is 64.4 Å². The highest BCUT2D eigenvalue weighted by Gasteiger charge is 2.22.